The fourth-order valence-electron chi connectivity index (χ4n) is 0.863. The van der Waals surface area contributed by atoms with Crippen LogP contribution in [0.3, 0.4) is 0 Å². The zero-order valence-electron chi connectivity index (χ0n) is 6.52. The van der Waals surface area contributed by atoms with E-state index in [1.54, 1.807) is 5.51 Å². The minimum atomic E-state index is -1.30. The van der Waals surface area contributed by atoms with Crippen LogP contribution in [0.25, 0.3) is 0 Å². The van der Waals surface area contributed by atoms with Gasteiger partial charge in [0.15, 0.2) is 0 Å². The Bertz CT molecular complexity index is 268. The van der Waals surface area contributed by atoms with Crippen molar-refractivity contribution in [1.82, 2.24) is 4.98 Å². The molecule has 0 aliphatic heterocycles. The standard InChI is InChI=1S/C7H9NO3S/c1-7(11,2-6(9)10)5-3-8-4-12-5/h3-4,11H,2H2,1H3,(H,9,10). The summed E-state index contributed by atoms with van der Waals surface area (Å²) in [5.74, 6) is -1.02. The van der Waals surface area contributed by atoms with Crippen molar-refractivity contribution in [2.24, 2.45) is 0 Å². The van der Waals surface area contributed by atoms with Crippen LogP contribution in [0, 0.1) is 0 Å². The van der Waals surface area contributed by atoms with Crippen LogP contribution in [-0.2, 0) is 10.4 Å². The molecule has 1 atom stereocenters. The van der Waals surface area contributed by atoms with Crippen LogP contribution in [0.15, 0.2) is 11.7 Å². The second kappa shape index (κ2) is 3.20. The molecule has 0 aliphatic rings. The molecule has 0 aromatic carbocycles. The monoisotopic (exact) mass is 187 g/mol. The van der Waals surface area contributed by atoms with Crippen LogP contribution in [0.4, 0.5) is 0 Å². The molecular formula is C7H9NO3S. The molecule has 2 N–H and O–H groups in total. The molecule has 1 aromatic rings. The molecule has 12 heavy (non-hydrogen) atoms. The zero-order valence-corrected chi connectivity index (χ0v) is 7.34. The van der Waals surface area contributed by atoms with Gasteiger partial charge in [-0.05, 0) is 6.92 Å². The summed E-state index contributed by atoms with van der Waals surface area (Å²) in [4.78, 5) is 14.7. The molecule has 66 valence electrons. The highest BCUT2D eigenvalue weighted by molar-refractivity contribution is 7.09. The van der Waals surface area contributed by atoms with Gasteiger partial charge in [0.1, 0.15) is 5.60 Å². The largest absolute Gasteiger partial charge is 0.481 e. The van der Waals surface area contributed by atoms with E-state index < -0.39 is 11.6 Å². The van der Waals surface area contributed by atoms with E-state index >= 15 is 0 Å². The van der Waals surface area contributed by atoms with Gasteiger partial charge in [-0.15, -0.1) is 11.3 Å². The lowest BCUT2D eigenvalue weighted by molar-refractivity contribution is -0.142. The van der Waals surface area contributed by atoms with E-state index in [9.17, 15) is 9.90 Å². The molecule has 0 saturated carbocycles. The molecule has 0 amide bonds. The highest BCUT2D eigenvalue weighted by atomic mass is 32.1. The van der Waals surface area contributed by atoms with Crippen molar-refractivity contribution in [2.45, 2.75) is 18.9 Å². The lowest BCUT2D eigenvalue weighted by Gasteiger charge is -2.18. The summed E-state index contributed by atoms with van der Waals surface area (Å²) < 4.78 is 0. The van der Waals surface area contributed by atoms with E-state index in [1.165, 1.54) is 24.5 Å². The smallest absolute Gasteiger partial charge is 0.306 e. The first-order chi connectivity index (χ1) is 5.52. The molecule has 1 rings (SSSR count). The number of carbonyl (C=O) groups is 1. The van der Waals surface area contributed by atoms with Gasteiger partial charge in [0, 0.05) is 6.20 Å². The van der Waals surface area contributed by atoms with Gasteiger partial charge >= 0.3 is 5.97 Å². The summed E-state index contributed by atoms with van der Waals surface area (Å²) in [6.45, 7) is 1.47. The average molecular weight is 187 g/mol. The number of carboxylic acids is 1. The molecule has 1 unspecified atom stereocenters. The normalized spacial score (nSPS) is 15.5. The van der Waals surface area contributed by atoms with E-state index in [0.717, 1.165) is 0 Å². The van der Waals surface area contributed by atoms with E-state index in [4.69, 9.17) is 5.11 Å². The van der Waals surface area contributed by atoms with Crippen LogP contribution in [0.2, 0.25) is 0 Å². The number of nitrogens with zero attached hydrogens (tertiary/aromatic N) is 1. The molecule has 1 heterocycles. The molecule has 0 aliphatic carbocycles. The molecule has 0 saturated heterocycles. The number of aromatic nitrogens is 1. The molecule has 0 bridgehead atoms. The Balaban J connectivity index is 2.79. The summed E-state index contributed by atoms with van der Waals surface area (Å²) in [6, 6.07) is 0. The Morgan fingerprint density at radius 2 is 2.50 bits per heavy atom. The van der Waals surface area contributed by atoms with Gasteiger partial charge in [-0.25, -0.2) is 0 Å². The van der Waals surface area contributed by atoms with Crippen molar-refractivity contribution >= 4 is 17.3 Å². The number of thiazole rings is 1. The molecule has 4 nitrogen and oxygen atoms in total. The third-order valence-corrected chi connectivity index (χ3v) is 2.48. The Kier molecular flexibility index (Phi) is 2.44. The minimum absolute atomic E-state index is 0.296. The number of rotatable bonds is 3. The van der Waals surface area contributed by atoms with Gasteiger partial charge in [-0.1, -0.05) is 0 Å². The Morgan fingerprint density at radius 1 is 1.83 bits per heavy atom. The van der Waals surface area contributed by atoms with Crippen molar-refractivity contribution in [2.75, 3.05) is 0 Å². The topological polar surface area (TPSA) is 70.4 Å². The number of aliphatic hydroxyl groups is 1. The minimum Gasteiger partial charge on any atom is -0.481 e. The second-order valence-corrected chi connectivity index (χ2v) is 3.60. The maximum atomic E-state index is 10.3. The third kappa shape index (κ3) is 2.02. The Hall–Kier alpha value is -0.940. The molecule has 0 radical (unpaired) electrons. The van der Waals surface area contributed by atoms with Gasteiger partial charge in [-0.3, -0.25) is 9.78 Å². The average Bonchev–Trinajstić information content (AvgIpc) is 2.32. The molecule has 0 fully saturated rings. The van der Waals surface area contributed by atoms with Crippen LogP contribution < -0.4 is 0 Å². The first-order valence-electron chi connectivity index (χ1n) is 3.35. The quantitative estimate of drug-likeness (QED) is 0.735. The summed E-state index contributed by atoms with van der Waals surface area (Å²) in [6.07, 6.45) is 1.18. The van der Waals surface area contributed by atoms with Crippen molar-refractivity contribution in [1.29, 1.82) is 0 Å². The van der Waals surface area contributed by atoms with E-state index in [0.29, 0.717) is 4.88 Å². The number of aliphatic carboxylic acids is 1. The number of carboxylic acid groups (broad SMARTS) is 1. The fourth-order valence-corrected chi connectivity index (χ4v) is 1.55. The summed E-state index contributed by atoms with van der Waals surface area (Å²) >= 11 is 1.25. The lowest BCUT2D eigenvalue weighted by Crippen LogP contribution is -2.23. The molecule has 1 aromatic heterocycles. The third-order valence-electron chi connectivity index (χ3n) is 1.46. The van der Waals surface area contributed by atoms with Crippen molar-refractivity contribution in [3.05, 3.63) is 16.6 Å². The van der Waals surface area contributed by atoms with Gasteiger partial charge in [0.2, 0.25) is 0 Å². The van der Waals surface area contributed by atoms with Gasteiger partial charge < -0.3 is 10.2 Å². The second-order valence-electron chi connectivity index (χ2n) is 2.71. The summed E-state index contributed by atoms with van der Waals surface area (Å²) in [5.41, 5.74) is 0.263. The van der Waals surface area contributed by atoms with Gasteiger partial charge in [0.25, 0.3) is 0 Å². The lowest BCUT2D eigenvalue weighted by atomic mass is 10.0. The Morgan fingerprint density at radius 3 is 2.92 bits per heavy atom. The van der Waals surface area contributed by atoms with E-state index in [1.807, 2.05) is 0 Å². The van der Waals surface area contributed by atoms with Crippen molar-refractivity contribution in [3.8, 4) is 0 Å². The maximum Gasteiger partial charge on any atom is 0.306 e. The van der Waals surface area contributed by atoms with Gasteiger partial charge in [0.05, 0.1) is 16.8 Å². The maximum absolute atomic E-state index is 10.3. The fraction of sp³-hybridized carbons (Fsp3) is 0.429. The van der Waals surface area contributed by atoms with Crippen molar-refractivity contribution < 1.29 is 15.0 Å². The Labute approximate surface area is 73.5 Å². The van der Waals surface area contributed by atoms with Crippen LogP contribution in [-0.4, -0.2) is 21.2 Å². The zero-order chi connectivity index (χ0) is 9.19. The number of hydrogen-bond acceptors (Lipinski definition) is 4. The highest BCUT2D eigenvalue weighted by Gasteiger charge is 2.27. The summed E-state index contributed by atoms with van der Waals surface area (Å²) in [5, 5.41) is 18.1. The van der Waals surface area contributed by atoms with Gasteiger partial charge in [-0.2, -0.15) is 0 Å². The predicted octanol–water partition coefficient (Wildman–Crippen LogP) is 0.825. The SMILES string of the molecule is CC(O)(CC(=O)O)c1cncs1. The first-order valence-corrected chi connectivity index (χ1v) is 4.23. The summed E-state index contributed by atoms with van der Waals surface area (Å²) in [7, 11) is 0. The van der Waals surface area contributed by atoms with Crippen LogP contribution >= 0.6 is 11.3 Å². The predicted molar refractivity (Wildman–Crippen MR) is 43.9 cm³/mol. The van der Waals surface area contributed by atoms with E-state index in [2.05, 4.69) is 4.98 Å². The molecule has 0 spiro atoms. The van der Waals surface area contributed by atoms with Crippen molar-refractivity contribution in [3.63, 3.8) is 0 Å². The highest BCUT2D eigenvalue weighted by Crippen LogP contribution is 2.26. The number of hydrogen-bond donors (Lipinski definition) is 2. The van der Waals surface area contributed by atoms with E-state index in [-0.39, 0.29) is 6.42 Å². The van der Waals surface area contributed by atoms with Crippen LogP contribution in [0.1, 0.15) is 18.2 Å². The molecule has 5 heteroatoms. The van der Waals surface area contributed by atoms with Crippen LogP contribution in [0.5, 0.6) is 0 Å². The molecular weight excluding hydrogens is 178 g/mol. The first kappa shape index (κ1) is 9.15.